The van der Waals surface area contributed by atoms with Crippen LogP contribution in [0.25, 0.3) is 11.0 Å². The Morgan fingerprint density at radius 1 is 1.32 bits per heavy atom. The van der Waals surface area contributed by atoms with Gasteiger partial charge in [-0.25, -0.2) is 4.98 Å². The molecule has 2 aromatic rings. The summed E-state index contributed by atoms with van der Waals surface area (Å²) in [7, 11) is 2.08. The standard InChI is InChI=1S/C12H14ClN5O/c1-17-2-4-18(5-3-17)12-15-10-9(11(19)16-12)6-8(13)7-14-10/h6-7H,2-5H2,1H3,(H,14,15,16,19). The van der Waals surface area contributed by atoms with Crippen LogP contribution in [0.15, 0.2) is 17.1 Å². The van der Waals surface area contributed by atoms with Crippen molar-refractivity contribution < 1.29 is 0 Å². The number of nitrogens with zero attached hydrogens (tertiary/aromatic N) is 4. The first-order chi connectivity index (χ1) is 9.13. The molecule has 6 nitrogen and oxygen atoms in total. The third-order valence-electron chi connectivity index (χ3n) is 3.32. The van der Waals surface area contributed by atoms with E-state index in [-0.39, 0.29) is 5.56 Å². The van der Waals surface area contributed by atoms with Crippen LogP contribution in [0.4, 0.5) is 5.95 Å². The molecule has 2 aromatic heterocycles. The molecule has 0 atom stereocenters. The largest absolute Gasteiger partial charge is 0.340 e. The molecule has 7 heteroatoms. The molecule has 0 amide bonds. The summed E-state index contributed by atoms with van der Waals surface area (Å²) >= 11 is 5.84. The topological polar surface area (TPSA) is 65.1 Å². The number of halogens is 1. The zero-order chi connectivity index (χ0) is 13.4. The Labute approximate surface area is 115 Å². The van der Waals surface area contributed by atoms with Crippen LogP contribution in [0.2, 0.25) is 5.02 Å². The van der Waals surface area contributed by atoms with Gasteiger partial charge in [0.1, 0.15) is 0 Å². The van der Waals surface area contributed by atoms with Crippen molar-refractivity contribution >= 4 is 28.6 Å². The first-order valence-corrected chi connectivity index (χ1v) is 6.50. The molecular formula is C12H14ClN5O. The molecule has 0 aromatic carbocycles. The number of H-pyrrole nitrogens is 1. The number of nitrogens with one attached hydrogen (secondary N) is 1. The Hall–Kier alpha value is -1.66. The Bertz CT molecular complexity index is 663. The van der Waals surface area contributed by atoms with E-state index < -0.39 is 0 Å². The van der Waals surface area contributed by atoms with Crippen LogP contribution in [-0.4, -0.2) is 53.1 Å². The van der Waals surface area contributed by atoms with Crippen LogP contribution in [0.1, 0.15) is 0 Å². The molecule has 1 aliphatic rings. The Morgan fingerprint density at radius 2 is 2.05 bits per heavy atom. The fraction of sp³-hybridized carbons (Fsp3) is 0.417. The van der Waals surface area contributed by atoms with Crippen LogP contribution in [0.5, 0.6) is 0 Å². The highest BCUT2D eigenvalue weighted by atomic mass is 35.5. The van der Waals surface area contributed by atoms with E-state index in [1.165, 1.54) is 6.20 Å². The SMILES string of the molecule is CN1CCN(c2nc3ncc(Cl)cc3c(=O)[nH]2)CC1. The lowest BCUT2D eigenvalue weighted by Crippen LogP contribution is -2.45. The summed E-state index contributed by atoms with van der Waals surface area (Å²) in [4.78, 5) is 27.7. The molecule has 0 aliphatic carbocycles. The number of aromatic amines is 1. The molecule has 100 valence electrons. The first-order valence-electron chi connectivity index (χ1n) is 6.12. The van der Waals surface area contributed by atoms with E-state index in [1.807, 2.05) is 0 Å². The third-order valence-corrected chi connectivity index (χ3v) is 3.52. The van der Waals surface area contributed by atoms with Crippen molar-refractivity contribution in [3.63, 3.8) is 0 Å². The van der Waals surface area contributed by atoms with E-state index in [9.17, 15) is 4.79 Å². The second-order valence-electron chi connectivity index (χ2n) is 4.70. The Kier molecular flexibility index (Phi) is 3.12. The Morgan fingerprint density at radius 3 is 2.79 bits per heavy atom. The van der Waals surface area contributed by atoms with Crippen molar-refractivity contribution in [3.05, 3.63) is 27.6 Å². The van der Waals surface area contributed by atoms with Gasteiger partial charge in [0, 0.05) is 32.4 Å². The number of pyridine rings is 1. The van der Waals surface area contributed by atoms with Crippen molar-refractivity contribution in [1.82, 2.24) is 19.9 Å². The molecule has 3 rings (SSSR count). The van der Waals surface area contributed by atoms with Gasteiger partial charge < -0.3 is 9.80 Å². The summed E-state index contributed by atoms with van der Waals surface area (Å²) in [5, 5.41) is 0.859. The lowest BCUT2D eigenvalue weighted by molar-refractivity contribution is 0.311. The van der Waals surface area contributed by atoms with Gasteiger partial charge >= 0.3 is 0 Å². The molecule has 0 radical (unpaired) electrons. The van der Waals surface area contributed by atoms with Gasteiger partial charge in [0.05, 0.1) is 10.4 Å². The van der Waals surface area contributed by atoms with Gasteiger partial charge in [-0.15, -0.1) is 0 Å². The maximum absolute atomic E-state index is 12.0. The summed E-state index contributed by atoms with van der Waals surface area (Å²) in [6.45, 7) is 3.60. The van der Waals surface area contributed by atoms with Crippen LogP contribution in [0.3, 0.4) is 0 Å². The smallest absolute Gasteiger partial charge is 0.261 e. The first kappa shape index (κ1) is 12.4. The predicted octanol–water partition coefficient (Wildman–Crippen LogP) is 0.723. The Balaban J connectivity index is 2.01. The fourth-order valence-corrected chi connectivity index (χ4v) is 2.31. The van der Waals surface area contributed by atoms with Gasteiger partial charge in [0.25, 0.3) is 5.56 Å². The highest BCUT2D eigenvalue weighted by Crippen LogP contribution is 2.15. The van der Waals surface area contributed by atoms with Crippen molar-refractivity contribution in [1.29, 1.82) is 0 Å². The minimum Gasteiger partial charge on any atom is -0.340 e. The molecule has 0 saturated carbocycles. The molecule has 0 bridgehead atoms. The zero-order valence-corrected chi connectivity index (χ0v) is 11.3. The van der Waals surface area contributed by atoms with Gasteiger partial charge in [-0.05, 0) is 13.1 Å². The predicted molar refractivity (Wildman–Crippen MR) is 74.9 cm³/mol. The van der Waals surface area contributed by atoms with Crippen LogP contribution < -0.4 is 10.5 Å². The molecule has 0 spiro atoms. The summed E-state index contributed by atoms with van der Waals surface area (Å²) < 4.78 is 0. The van der Waals surface area contributed by atoms with Gasteiger partial charge in [0.15, 0.2) is 5.65 Å². The maximum Gasteiger partial charge on any atom is 0.261 e. The summed E-state index contributed by atoms with van der Waals surface area (Å²) in [6, 6.07) is 1.59. The minimum absolute atomic E-state index is 0.200. The molecule has 3 heterocycles. The van der Waals surface area contributed by atoms with E-state index in [0.29, 0.717) is 22.0 Å². The number of hydrogen-bond acceptors (Lipinski definition) is 5. The van der Waals surface area contributed by atoms with Gasteiger partial charge in [-0.2, -0.15) is 4.98 Å². The average molecular weight is 280 g/mol. The summed E-state index contributed by atoms with van der Waals surface area (Å²) in [6.07, 6.45) is 1.50. The second kappa shape index (κ2) is 4.79. The van der Waals surface area contributed by atoms with Crippen LogP contribution in [-0.2, 0) is 0 Å². The highest BCUT2D eigenvalue weighted by molar-refractivity contribution is 6.31. The number of aromatic nitrogens is 3. The molecule has 1 fully saturated rings. The molecule has 1 aliphatic heterocycles. The maximum atomic E-state index is 12.0. The minimum atomic E-state index is -0.200. The van der Waals surface area contributed by atoms with E-state index >= 15 is 0 Å². The molecular weight excluding hydrogens is 266 g/mol. The molecule has 0 unspecified atom stereocenters. The van der Waals surface area contributed by atoms with Crippen molar-refractivity contribution in [3.8, 4) is 0 Å². The van der Waals surface area contributed by atoms with E-state index in [1.54, 1.807) is 6.07 Å². The number of hydrogen-bond donors (Lipinski definition) is 1. The van der Waals surface area contributed by atoms with Crippen molar-refractivity contribution in [2.75, 3.05) is 38.1 Å². The van der Waals surface area contributed by atoms with Crippen LogP contribution >= 0.6 is 11.6 Å². The van der Waals surface area contributed by atoms with E-state index in [4.69, 9.17) is 11.6 Å². The number of piperazine rings is 1. The third kappa shape index (κ3) is 2.41. The van der Waals surface area contributed by atoms with Gasteiger partial charge in [0.2, 0.25) is 5.95 Å². The number of fused-ring (bicyclic) bond motifs is 1. The van der Waals surface area contributed by atoms with Crippen molar-refractivity contribution in [2.45, 2.75) is 0 Å². The average Bonchev–Trinajstić information content (AvgIpc) is 2.40. The summed E-state index contributed by atoms with van der Waals surface area (Å²) in [5.41, 5.74) is 0.232. The lowest BCUT2D eigenvalue weighted by Gasteiger charge is -2.32. The number of anilines is 1. The monoisotopic (exact) mass is 279 g/mol. The zero-order valence-electron chi connectivity index (χ0n) is 10.6. The summed E-state index contributed by atoms with van der Waals surface area (Å²) in [5.74, 6) is 0.584. The van der Waals surface area contributed by atoms with Gasteiger partial charge in [-0.1, -0.05) is 11.6 Å². The number of likely N-dealkylation sites (N-methyl/N-ethyl adjacent to an activating group) is 1. The van der Waals surface area contributed by atoms with Gasteiger partial charge in [-0.3, -0.25) is 9.78 Å². The highest BCUT2D eigenvalue weighted by Gasteiger charge is 2.17. The molecule has 1 saturated heterocycles. The quantitative estimate of drug-likeness (QED) is 0.833. The van der Waals surface area contributed by atoms with E-state index in [2.05, 4.69) is 31.8 Å². The van der Waals surface area contributed by atoms with Crippen molar-refractivity contribution in [2.24, 2.45) is 0 Å². The normalized spacial score (nSPS) is 17.1. The van der Waals surface area contributed by atoms with Crippen LogP contribution in [0, 0.1) is 0 Å². The molecule has 19 heavy (non-hydrogen) atoms. The number of rotatable bonds is 1. The lowest BCUT2D eigenvalue weighted by atomic mass is 10.3. The van der Waals surface area contributed by atoms with E-state index in [0.717, 1.165) is 26.2 Å². The fourth-order valence-electron chi connectivity index (χ4n) is 2.15. The second-order valence-corrected chi connectivity index (χ2v) is 5.14. The molecule has 1 N–H and O–H groups in total.